The van der Waals surface area contributed by atoms with Crippen LogP contribution < -0.4 is 19.7 Å². The Kier molecular flexibility index (Phi) is 5.22. The van der Waals surface area contributed by atoms with Crippen LogP contribution in [0.1, 0.15) is 0 Å². The Hall–Kier alpha value is -2.64. The normalized spacial score (nSPS) is 17.1. The number of anilines is 1. The zero-order valence-corrected chi connectivity index (χ0v) is 15.7. The highest BCUT2D eigenvalue weighted by Gasteiger charge is 2.24. The van der Waals surface area contributed by atoms with Crippen molar-refractivity contribution in [2.24, 2.45) is 0 Å². The first-order chi connectivity index (χ1) is 13.2. The van der Waals surface area contributed by atoms with Crippen molar-refractivity contribution in [3.8, 4) is 11.5 Å². The minimum atomic E-state index is 0.163. The van der Waals surface area contributed by atoms with Gasteiger partial charge in [-0.2, -0.15) is 4.98 Å². The average molecular weight is 386 g/mol. The predicted octanol–water partition coefficient (Wildman–Crippen LogP) is 2.54. The number of benzene rings is 1. The number of fused-ring (bicyclic) bond motifs is 1. The topological polar surface area (TPSA) is 72.4 Å². The fraction of sp³-hybridized carbons (Fsp3) is 0.316. The van der Waals surface area contributed by atoms with E-state index in [0.717, 1.165) is 36.6 Å². The summed E-state index contributed by atoms with van der Waals surface area (Å²) in [7, 11) is 1.61. The number of nitrogens with one attached hydrogen (secondary N) is 1. The first-order valence-electron chi connectivity index (χ1n) is 8.76. The van der Waals surface area contributed by atoms with Crippen molar-refractivity contribution in [1.29, 1.82) is 0 Å². The Labute approximate surface area is 162 Å². The average Bonchev–Trinajstić information content (AvgIpc) is 2.72. The molecule has 27 heavy (non-hydrogen) atoms. The Morgan fingerprint density at radius 1 is 1.22 bits per heavy atom. The lowest BCUT2D eigenvalue weighted by Crippen LogP contribution is -2.53. The minimum absolute atomic E-state index is 0.163. The fourth-order valence-corrected chi connectivity index (χ4v) is 3.41. The standard InChI is InChI=1S/C19H20ClN5O2/c1-26-16-10-21-9-15-17(16)18(24-19(20)23-15)25-8-7-22-13(11-25)12-27-14-5-3-2-4-6-14/h2-6,9-10,13,22H,7-8,11-12H2,1H3. The lowest BCUT2D eigenvalue weighted by Gasteiger charge is -2.35. The molecule has 1 atom stereocenters. The lowest BCUT2D eigenvalue weighted by molar-refractivity contribution is 0.256. The first-order valence-corrected chi connectivity index (χ1v) is 9.14. The maximum Gasteiger partial charge on any atom is 0.224 e. The van der Waals surface area contributed by atoms with E-state index in [0.29, 0.717) is 17.9 Å². The van der Waals surface area contributed by atoms with Gasteiger partial charge in [-0.15, -0.1) is 0 Å². The van der Waals surface area contributed by atoms with Gasteiger partial charge in [0.05, 0.1) is 36.4 Å². The molecule has 1 aliphatic rings. The van der Waals surface area contributed by atoms with Crippen molar-refractivity contribution in [2.75, 3.05) is 38.3 Å². The van der Waals surface area contributed by atoms with E-state index in [1.54, 1.807) is 19.5 Å². The number of ether oxygens (including phenoxy) is 2. The van der Waals surface area contributed by atoms with Crippen molar-refractivity contribution in [2.45, 2.75) is 6.04 Å². The summed E-state index contributed by atoms with van der Waals surface area (Å²) >= 11 is 6.16. The van der Waals surface area contributed by atoms with E-state index in [4.69, 9.17) is 21.1 Å². The third-order valence-electron chi connectivity index (χ3n) is 4.49. The molecule has 0 aliphatic carbocycles. The summed E-state index contributed by atoms with van der Waals surface area (Å²) in [5.41, 5.74) is 0.667. The van der Waals surface area contributed by atoms with Crippen LogP contribution in [0.4, 0.5) is 5.82 Å². The lowest BCUT2D eigenvalue weighted by atomic mass is 10.2. The number of rotatable bonds is 5. The van der Waals surface area contributed by atoms with Gasteiger partial charge in [0.25, 0.3) is 0 Å². The highest BCUT2D eigenvalue weighted by atomic mass is 35.5. The number of piperazine rings is 1. The molecule has 1 aliphatic heterocycles. The highest BCUT2D eigenvalue weighted by Crippen LogP contribution is 2.32. The van der Waals surface area contributed by atoms with Crippen molar-refractivity contribution in [3.05, 3.63) is 48.0 Å². The molecule has 1 fully saturated rings. The van der Waals surface area contributed by atoms with Gasteiger partial charge >= 0.3 is 0 Å². The molecule has 1 unspecified atom stereocenters. The molecule has 1 aromatic carbocycles. The largest absolute Gasteiger partial charge is 0.494 e. The van der Waals surface area contributed by atoms with Gasteiger partial charge in [0.2, 0.25) is 5.28 Å². The van der Waals surface area contributed by atoms with Gasteiger partial charge in [-0.3, -0.25) is 4.98 Å². The third kappa shape index (κ3) is 3.89. The van der Waals surface area contributed by atoms with Gasteiger partial charge in [-0.05, 0) is 23.7 Å². The zero-order chi connectivity index (χ0) is 18.6. The van der Waals surface area contributed by atoms with Crippen molar-refractivity contribution in [3.63, 3.8) is 0 Å². The van der Waals surface area contributed by atoms with Crippen LogP contribution in [0, 0.1) is 0 Å². The fourth-order valence-electron chi connectivity index (χ4n) is 3.23. The van der Waals surface area contributed by atoms with Crippen molar-refractivity contribution >= 4 is 28.3 Å². The highest BCUT2D eigenvalue weighted by molar-refractivity contribution is 6.29. The van der Waals surface area contributed by atoms with Crippen LogP contribution >= 0.6 is 11.6 Å². The summed E-state index contributed by atoms with van der Waals surface area (Å²) in [6.07, 6.45) is 3.34. The van der Waals surface area contributed by atoms with Crippen LogP contribution in [0.3, 0.4) is 0 Å². The maximum absolute atomic E-state index is 6.16. The monoisotopic (exact) mass is 385 g/mol. The Bertz CT molecular complexity index is 925. The van der Waals surface area contributed by atoms with Crippen LogP contribution in [-0.2, 0) is 0 Å². The summed E-state index contributed by atoms with van der Waals surface area (Å²) in [5, 5.41) is 4.51. The van der Waals surface area contributed by atoms with Gasteiger partial charge in [0, 0.05) is 19.6 Å². The smallest absolute Gasteiger partial charge is 0.224 e. The number of hydrogen-bond donors (Lipinski definition) is 1. The van der Waals surface area contributed by atoms with E-state index < -0.39 is 0 Å². The predicted molar refractivity (Wildman–Crippen MR) is 105 cm³/mol. The summed E-state index contributed by atoms with van der Waals surface area (Å²) in [5.74, 6) is 2.25. The number of hydrogen-bond acceptors (Lipinski definition) is 7. The number of aromatic nitrogens is 3. The maximum atomic E-state index is 6.16. The van der Waals surface area contributed by atoms with E-state index in [2.05, 4.69) is 25.2 Å². The number of methoxy groups -OCH3 is 1. The SMILES string of the molecule is COc1cncc2nc(Cl)nc(N3CCNC(COc4ccccc4)C3)c12. The second-order valence-electron chi connectivity index (χ2n) is 6.27. The minimum Gasteiger partial charge on any atom is -0.494 e. The number of nitrogens with zero attached hydrogens (tertiary/aromatic N) is 4. The molecule has 0 amide bonds. The number of para-hydroxylation sites is 1. The van der Waals surface area contributed by atoms with E-state index in [1.165, 1.54) is 0 Å². The molecule has 3 heterocycles. The summed E-state index contributed by atoms with van der Waals surface area (Å²) in [4.78, 5) is 15.1. The molecule has 3 aromatic rings. The Morgan fingerprint density at radius 3 is 2.89 bits per heavy atom. The van der Waals surface area contributed by atoms with Crippen LogP contribution in [-0.4, -0.2) is 54.3 Å². The third-order valence-corrected chi connectivity index (χ3v) is 4.66. The van der Waals surface area contributed by atoms with E-state index in [-0.39, 0.29) is 11.3 Å². The number of halogens is 1. The summed E-state index contributed by atoms with van der Waals surface area (Å²) in [6.45, 7) is 2.92. The van der Waals surface area contributed by atoms with Gasteiger partial charge in [0.1, 0.15) is 23.9 Å². The van der Waals surface area contributed by atoms with Crippen LogP contribution in [0.25, 0.3) is 10.9 Å². The molecular weight excluding hydrogens is 366 g/mol. The Balaban J connectivity index is 1.57. The quantitative estimate of drug-likeness (QED) is 0.676. The molecular formula is C19H20ClN5O2. The molecule has 1 N–H and O–H groups in total. The molecule has 1 saturated heterocycles. The van der Waals surface area contributed by atoms with Gasteiger partial charge < -0.3 is 19.7 Å². The molecule has 0 spiro atoms. The second-order valence-corrected chi connectivity index (χ2v) is 6.61. The van der Waals surface area contributed by atoms with Crippen molar-refractivity contribution in [1.82, 2.24) is 20.3 Å². The molecule has 0 radical (unpaired) electrons. The second kappa shape index (κ2) is 7.94. The van der Waals surface area contributed by atoms with E-state index in [9.17, 15) is 0 Å². The molecule has 4 rings (SSSR count). The van der Waals surface area contributed by atoms with Crippen molar-refractivity contribution < 1.29 is 9.47 Å². The van der Waals surface area contributed by atoms with Gasteiger partial charge in [0.15, 0.2) is 0 Å². The van der Waals surface area contributed by atoms with E-state index in [1.807, 2.05) is 30.3 Å². The Morgan fingerprint density at radius 2 is 2.07 bits per heavy atom. The van der Waals surface area contributed by atoms with Crippen LogP contribution in [0.2, 0.25) is 5.28 Å². The summed E-state index contributed by atoms with van der Waals surface area (Å²) < 4.78 is 11.4. The summed E-state index contributed by atoms with van der Waals surface area (Å²) in [6, 6.07) is 9.97. The molecule has 8 heteroatoms. The molecule has 2 aromatic heterocycles. The van der Waals surface area contributed by atoms with Crippen LogP contribution in [0.5, 0.6) is 11.5 Å². The van der Waals surface area contributed by atoms with Gasteiger partial charge in [-0.1, -0.05) is 18.2 Å². The number of pyridine rings is 1. The first kappa shape index (κ1) is 17.8. The molecule has 140 valence electrons. The van der Waals surface area contributed by atoms with Crippen LogP contribution in [0.15, 0.2) is 42.7 Å². The van der Waals surface area contributed by atoms with Gasteiger partial charge in [-0.25, -0.2) is 4.98 Å². The van der Waals surface area contributed by atoms with E-state index >= 15 is 0 Å². The zero-order valence-electron chi connectivity index (χ0n) is 14.9. The molecule has 7 nitrogen and oxygen atoms in total. The molecule has 0 bridgehead atoms. The molecule has 0 saturated carbocycles.